The van der Waals surface area contributed by atoms with Crippen molar-refractivity contribution in [1.82, 2.24) is 4.90 Å². The Bertz CT molecular complexity index is 270. The van der Waals surface area contributed by atoms with E-state index < -0.39 is 0 Å². The first-order valence-electron chi connectivity index (χ1n) is 8.49. The summed E-state index contributed by atoms with van der Waals surface area (Å²) in [7, 11) is 1.80. The van der Waals surface area contributed by atoms with E-state index in [9.17, 15) is 0 Å². The van der Waals surface area contributed by atoms with Crippen LogP contribution in [0.5, 0.6) is 0 Å². The molecule has 0 saturated heterocycles. The number of hydrogen-bond donors (Lipinski definition) is 1. The molecule has 0 amide bonds. The van der Waals surface area contributed by atoms with Gasteiger partial charge in [-0.15, -0.1) is 0 Å². The third-order valence-electron chi connectivity index (χ3n) is 5.45. The molecule has 1 saturated carbocycles. The summed E-state index contributed by atoms with van der Waals surface area (Å²) in [5.74, 6) is 1.42. The minimum Gasteiger partial charge on any atom is -0.383 e. The van der Waals surface area contributed by atoms with E-state index in [4.69, 9.17) is 10.5 Å². The smallest absolute Gasteiger partial charge is 0.0590 e. The minimum atomic E-state index is 0.181. The summed E-state index contributed by atoms with van der Waals surface area (Å²) in [6.07, 6.45) is 6.44. The molecule has 0 heterocycles. The van der Waals surface area contributed by atoms with Gasteiger partial charge in [0.15, 0.2) is 0 Å². The molecular weight excluding hydrogens is 248 g/mol. The van der Waals surface area contributed by atoms with Crippen molar-refractivity contribution in [1.29, 1.82) is 0 Å². The SMILES string of the molecule is CCC(C)N(CCOC)C1(CN)CCCCC1C(C)C. The van der Waals surface area contributed by atoms with Crippen LogP contribution in [-0.4, -0.2) is 43.3 Å². The predicted molar refractivity (Wildman–Crippen MR) is 86.9 cm³/mol. The van der Waals surface area contributed by atoms with Crippen molar-refractivity contribution in [3.05, 3.63) is 0 Å². The normalized spacial score (nSPS) is 29.1. The van der Waals surface area contributed by atoms with E-state index in [2.05, 4.69) is 32.6 Å². The highest BCUT2D eigenvalue weighted by Gasteiger charge is 2.46. The van der Waals surface area contributed by atoms with Crippen LogP contribution in [0, 0.1) is 11.8 Å². The largest absolute Gasteiger partial charge is 0.383 e. The number of rotatable bonds is 8. The Morgan fingerprint density at radius 3 is 2.50 bits per heavy atom. The van der Waals surface area contributed by atoms with Crippen LogP contribution in [0.2, 0.25) is 0 Å². The first-order valence-corrected chi connectivity index (χ1v) is 8.49. The maximum atomic E-state index is 6.35. The summed E-state index contributed by atoms with van der Waals surface area (Å²) in [6, 6.07) is 0.577. The lowest BCUT2D eigenvalue weighted by molar-refractivity contribution is -0.0481. The average Bonchev–Trinajstić information content (AvgIpc) is 2.47. The van der Waals surface area contributed by atoms with Gasteiger partial charge in [-0.1, -0.05) is 33.6 Å². The molecule has 0 aliphatic heterocycles. The van der Waals surface area contributed by atoms with Crippen molar-refractivity contribution >= 4 is 0 Å². The molecule has 0 aromatic heterocycles. The third kappa shape index (κ3) is 3.75. The highest BCUT2D eigenvalue weighted by atomic mass is 16.5. The zero-order valence-electron chi connectivity index (χ0n) is 14.3. The van der Waals surface area contributed by atoms with Gasteiger partial charge in [0.1, 0.15) is 0 Å². The molecule has 0 bridgehead atoms. The lowest BCUT2D eigenvalue weighted by atomic mass is 9.66. The maximum Gasteiger partial charge on any atom is 0.0590 e. The molecule has 0 aromatic carbocycles. The van der Waals surface area contributed by atoms with Gasteiger partial charge in [0.2, 0.25) is 0 Å². The summed E-state index contributed by atoms with van der Waals surface area (Å²) in [6.45, 7) is 11.9. The second-order valence-electron chi connectivity index (χ2n) is 6.85. The maximum absolute atomic E-state index is 6.35. The molecule has 1 aliphatic carbocycles. The topological polar surface area (TPSA) is 38.5 Å². The Kier molecular flexibility index (Phi) is 7.49. The fraction of sp³-hybridized carbons (Fsp3) is 1.00. The van der Waals surface area contributed by atoms with Crippen LogP contribution >= 0.6 is 0 Å². The minimum absolute atomic E-state index is 0.181. The lowest BCUT2D eigenvalue weighted by Crippen LogP contribution is -2.64. The highest BCUT2D eigenvalue weighted by Crippen LogP contribution is 2.43. The van der Waals surface area contributed by atoms with Crippen molar-refractivity contribution in [2.75, 3.05) is 26.8 Å². The first-order chi connectivity index (χ1) is 9.53. The molecular formula is C17H36N2O. The molecule has 0 radical (unpaired) electrons. The van der Waals surface area contributed by atoms with Crippen LogP contribution in [-0.2, 0) is 4.74 Å². The fourth-order valence-electron chi connectivity index (χ4n) is 4.22. The zero-order chi connectivity index (χ0) is 15.2. The van der Waals surface area contributed by atoms with Crippen LogP contribution in [0.25, 0.3) is 0 Å². The van der Waals surface area contributed by atoms with E-state index in [0.29, 0.717) is 17.9 Å². The van der Waals surface area contributed by atoms with Gasteiger partial charge in [0, 0.05) is 31.8 Å². The van der Waals surface area contributed by atoms with Crippen LogP contribution in [0.3, 0.4) is 0 Å². The highest BCUT2D eigenvalue weighted by molar-refractivity contribution is 5.02. The fourth-order valence-corrected chi connectivity index (χ4v) is 4.22. The molecule has 3 nitrogen and oxygen atoms in total. The monoisotopic (exact) mass is 284 g/mol. The number of methoxy groups -OCH3 is 1. The zero-order valence-corrected chi connectivity index (χ0v) is 14.3. The van der Waals surface area contributed by atoms with Gasteiger partial charge < -0.3 is 10.5 Å². The molecule has 0 spiro atoms. The van der Waals surface area contributed by atoms with Crippen molar-refractivity contribution in [2.24, 2.45) is 17.6 Å². The summed E-state index contributed by atoms with van der Waals surface area (Å²) in [4.78, 5) is 2.68. The van der Waals surface area contributed by atoms with E-state index in [0.717, 1.165) is 19.7 Å². The number of ether oxygens (including phenoxy) is 1. The number of nitrogens with zero attached hydrogens (tertiary/aromatic N) is 1. The van der Waals surface area contributed by atoms with Crippen LogP contribution in [0.4, 0.5) is 0 Å². The van der Waals surface area contributed by atoms with Gasteiger partial charge in [0.05, 0.1) is 6.61 Å². The van der Waals surface area contributed by atoms with Gasteiger partial charge in [-0.2, -0.15) is 0 Å². The Balaban J connectivity index is 3.05. The van der Waals surface area contributed by atoms with Crippen LogP contribution in [0.1, 0.15) is 59.8 Å². The average molecular weight is 284 g/mol. The van der Waals surface area contributed by atoms with E-state index >= 15 is 0 Å². The van der Waals surface area contributed by atoms with Crippen molar-refractivity contribution in [3.63, 3.8) is 0 Å². The van der Waals surface area contributed by atoms with E-state index in [-0.39, 0.29) is 5.54 Å². The van der Waals surface area contributed by atoms with Gasteiger partial charge >= 0.3 is 0 Å². The standard InChI is InChI=1S/C17H36N2O/c1-6-15(4)19(11-12-20-5)17(13-18)10-8-7-9-16(17)14(2)3/h14-16H,6-13,18H2,1-5H3. The quantitative estimate of drug-likeness (QED) is 0.743. The van der Waals surface area contributed by atoms with E-state index in [1.54, 1.807) is 7.11 Å². The molecule has 20 heavy (non-hydrogen) atoms. The summed E-state index contributed by atoms with van der Waals surface area (Å²) in [5, 5.41) is 0. The first kappa shape index (κ1) is 17.9. The molecule has 1 fully saturated rings. The van der Waals surface area contributed by atoms with Crippen molar-refractivity contribution < 1.29 is 4.74 Å². The second kappa shape index (κ2) is 8.35. The third-order valence-corrected chi connectivity index (χ3v) is 5.45. The van der Waals surface area contributed by atoms with Gasteiger partial charge in [-0.05, 0) is 38.0 Å². The molecule has 3 atom stereocenters. The summed E-state index contributed by atoms with van der Waals surface area (Å²) in [5.41, 5.74) is 6.53. The second-order valence-corrected chi connectivity index (χ2v) is 6.85. The van der Waals surface area contributed by atoms with Crippen molar-refractivity contribution in [3.8, 4) is 0 Å². The molecule has 0 aromatic rings. The number of hydrogen-bond acceptors (Lipinski definition) is 3. The van der Waals surface area contributed by atoms with Crippen LogP contribution < -0.4 is 5.73 Å². The molecule has 1 aliphatic rings. The Morgan fingerprint density at radius 1 is 1.30 bits per heavy atom. The molecule has 120 valence electrons. The van der Waals surface area contributed by atoms with Gasteiger partial charge in [-0.3, -0.25) is 4.90 Å². The Labute approximate surface area is 126 Å². The Hall–Kier alpha value is -0.120. The van der Waals surface area contributed by atoms with E-state index in [1.165, 1.54) is 32.1 Å². The summed E-state index contributed by atoms with van der Waals surface area (Å²) >= 11 is 0. The lowest BCUT2D eigenvalue weighted by Gasteiger charge is -2.54. The van der Waals surface area contributed by atoms with Crippen LogP contribution in [0.15, 0.2) is 0 Å². The molecule has 2 N–H and O–H groups in total. The Morgan fingerprint density at radius 2 is 2.00 bits per heavy atom. The summed E-state index contributed by atoms with van der Waals surface area (Å²) < 4.78 is 5.36. The number of nitrogens with two attached hydrogens (primary N) is 1. The van der Waals surface area contributed by atoms with E-state index in [1.807, 2.05) is 0 Å². The van der Waals surface area contributed by atoms with Crippen molar-refractivity contribution in [2.45, 2.75) is 71.4 Å². The molecule has 3 heteroatoms. The van der Waals surface area contributed by atoms with Gasteiger partial charge in [0.25, 0.3) is 0 Å². The molecule has 3 unspecified atom stereocenters. The predicted octanol–water partition coefficient (Wildman–Crippen LogP) is 3.28. The van der Waals surface area contributed by atoms with Gasteiger partial charge in [-0.25, -0.2) is 0 Å². The molecule has 1 rings (SSSR count).